The predicted octanol–water partition coefficient (Wildman–Crippen LogP) is 3.46. The number of hydrogen-bond acceptors (Lipinski definition) is 4. The van der Waals surface area contributed by atoms with Gasteiger partial charge in [0.2, 0.25) is 10.0 Å². The van der Waals surface area contributed by atoms with Crippen LogP contribution >= 0.6 is 0 Å². The molecule has 1 aliphatic heterocycles. The van der Waals surface area contributed by atoms with E-state index in [1.165, 1.54) is 21.3 Å². The normalized spacial score (nSPS) is 15.4. The van der Waals surface area contributed by atoms with Crippen LogP contribution in [0.15, 0.2) is 47.4 Å². The van der Waals surface area contributed by atoms with Gasteiger partial charge in [-0.15, -0.1) is 0 Å². The molecule has 7 nitrogen and oxygen atoms in total. The summed E-state index contributed by atoms with van der Waals surface area (Å²) in [5, 5.41) is 2.71. The lowest BCUT2D eigenvalue weighted by molar-refractivity contribution is -0.153. The lowest BCUT2D eigenvalue weighted by Gasteiger charge is -2.34. The molecule has 1 heterocycles. The van der Waals surface area contributed by atoms with Crippen LogP contribution in [0.1, 0.15) is 16.7 Å². The Bertz CT molecular complexity index is 1100. The fourth-order valence-electron chi connectivity index (χ4n) is 3.46. The zero-order valence-corrected chi connectivity index (χ0v) is 19.2. The second kappa shape index (κ2) is 10.0. The third kappa shape index (κ3) is 6.61. The molecule has 2 amide bonds. The van der Waals surface area contributed by atoms with Crippen LogP contribution in [0.3, 0.4) is 0 Å². The maximum absolute atomic E-state index is 13.0. The number of alkyl halides is 3. The van der Waals surface area contributed by atoms with E-state index < -0.39 is 22.8 Å². The Morgan fingerprint density at radius 3 is 2.42 bits per heavy atom. The second-order valence-corrected chi connectivity index (χ2v) is 9.78. The topological polar surface area (TPSA) is 79.0 Å². The highest BCUT2D eigenvalue weighted by Crippen LogP contribution is 2.23. The van der Waals surface area contributed by atoms with E-state index in [1.807, 2.05) is 13.0 Å². The molecule has 0 radical (unpaired) electrons. The van der Waals surface area contributed by atoms with E-state index in [0.29, 0.717) is 11.1 Å². The molecule has 1 saturated heterocycles. The average molecular weight is 486 g/mol. The Morgan fingerprint density at radius 2 is 1.76 bits per heavy atom. The Hall–Kier alpha value is -2.79. The molecule has 0 unspecified atom stereocenters. The maximum atomic E-state index is 13.0. The van der Waals surface area contributed by atoms with Gasteiger partial charge in [-0.2, -0.15) is 17.5 Å². The number of carbonyl (C=O) groups is 1. The van der Waals surface area contributed by atoms with Crippen molar-refractivity contribution in [2.24, 2.45) is 0 Å². The molecule has 0 aromatic heterocycles. The SMILES string of the molecule is Cc1ccc(C)c(S(=O)(=O)N2CCN(C(=O)NCc3cccc(OCC(F)(F)F)c3)CC2)c1. The van der Waals surface area contributed by atoms with Gasteiger partial charge in [-0.3, -0.25) is 0 Å². The monoisotopic (exact) mass is 485 g/mol. The fraction of sp³-hybridized carbons (Fsp3) is 0.409. The Kier molecular flexibility index (Phi) is 7.53. The highest BCUT2D eigenvalue weighted by atomic mass is 32.2. The molecule has 2 aromatic rings. The number of ether oxygens (including phenoxy) is 1. The Labute approximate surface area is 191 Å². The highest BCUT2D eigenvalue weighted by Gasteiger charge is 2.31. The number of hydrogen-bond donors (Lipinski definition) is 1. The van der Waals surface area contributed by atoms with Crippen LogP contribution < -0.4 is 10.1 Å². The van der Waals surface area contributed by atoms with Crippen molar-refractivity contribution in [1.29, 1.82) is 0 Å². The van der Waals surface area contributed by atoms with Gasteiger partial charge in [0.05, 0.1) is 4.90 Å². The quantitative estimate of drug-likeness (QED) is 0.680. The summed E-state index contributed by atoms with van der Waals surface area (Å²) < 4.78 is 69.1. The van der Waals surface area contributed by atoms with Crippen molar-refractivity contribution in [2.45, 2.75) is 31.5 Å². The van der Waals surface area contributed by atoms with Gasteiger partial charge in [0.15, 0.2) is 6.61 Å². The summed E-state index contributed by atoms with van der Waals surface area (Å²) in [7, 11) is -3.66. The van der Waals surface area contributed by atoms with Gasteiger partial charge in [-0.1, -0.05) is 24.3 Å². The molecule has 0 aliphatic carbocycles. The molecule has 2 aromatic carbocycles. The first-order valence-electron chi connectivity index (χ1n) is 10.3. The number of sulfonamides is 1. The first kappa shape index (κ1) is 24.8. The van der Waals surface area contributed by atoms with E-state index >= 15 is 0 Å². The smallest absolute Gasteiger partial charge is 0.422 e. The molecule has 33 heavy (non-hydrogen) atoms. The number of urea groups is 1. The van der Waals surface area contributed by atoms with E-state index in [2.05, 4.69) is 5.32 Å². The highest BCUT2D eigenvalue weighted by molar-refractivity contribution is 7.89. The first-order chi connectivity index (χ1) is 15.5. The minimum atomic E-state index is -4.43. The lowest BCUT2D eigenvalue weighted by atomic mass is 10.2. The lowest BCUT2D eigenvalue weighted by Crippen LogP contribution is -2.53. The number of benzene rings is 2. The molecule has 180 valence electrons. The molecular weight excluding hydrogens is 459 g/mol. The molecule has 3 rings (SSSR count). The maximum Gasteiger partial charge on any atom is 0.422 e. The summed E-state index contributed by atoms with van der Waals surface area (Å²) in [6, 6.07) is 11.0. The number of rotatable bonds is 6. The summed E-state index contributed by atoms with van der Waals surface area (Å²) in [5.74, 6) is 0.0596. The number of halogens is 3. The van der Waals surface area contributed by atoms with Crippen molar-refractivity contribution in [3.63, 3.8) is 0 Å². The summed E-state index contributed by atoms with van der Waals surface area (Å²) in [4.78, 5) is 14.3. The van der Waals surface area contributed by atoms with Crippen molar-refractivity contribution < 1.29 is 31.1 Å². The third-order valence-corrected chi connectivity index (χ3v) is 7.27. The van der Waals surface area contributed by atoms with Crippen LogP contribution in [0.4, 0.5) is 18.0 Å². The van der Waals surface area contributed by atoms with E-state index in [0.717, 1.165) is 5.56 Å². The van der Waals surface area contributed by atoms with Gasteiger partial charge in [0.1, 0.15) is 5.75 Å². The van der Waals surface area contributed by atoms with Crippen molar-refractivity contribution in [3.05, 3.63) is 59.2 Å². The van der Waals surface area contributed by atoms with Crippen molar-refractivity contribution >= 4 is 16.1 Å². The van der Waals surface area contributed by atoms with Crippen molar-refractivity contribution in [2.75, 3.05) is 32.8 Å². The predicted molar refractivity (Wildman–Crippen MR) is 116 cm³/mol. The number of aryl methyl sites for hydroxylation is 2. The van der Waals surface area contributed by atoms with E-state index in [-0.39, 0.29) is 49.4 Å². The minimum Gasteiger partial charge on any atom is -0.484 e. The van der Waals surface area contributed by atoms with Gasteiger partial charge in [0, 0.05) is 32.7 Å². The summed E-state index contributed by atoms with van der Waals surface area (Å²) in [6.45, 7) is 3.09. The molecular formula is C22H26F3N3O4S. The first-order valence-corrected chi connectivity index (χ1v) is 11.8. The van der Waals surface area contributed by atoms with E-state index in [4.69, 9.17) is 4.74 Å². The summed E-state index contributed by atoms with van der Waals surface area (Å²) in [6.07, 6.45) is -4.43. The molecule has 1 N–H and O–H groups in total. The van der Waals surface area contributed by atoms with Crippen LogP contribution in [0, 0.1) is 13.8 Å². The number of nitrogens with zero attached hydrogens (tertiary/aromatic N) is 2. The second-order valence-electron chi connectivity index (χ2n) is 7.87. The molecule has 0 atom stereocenters. The van der Waals surface area contributed by atoms with Crippen molar-refractivity contribution in [3.8, 4) is 5.75 Å². The van der Waals surface area contributed by atoms with Crippen LogP contribution in [-0.2, 0) is 16.6 Å². The van der Waals surface area contributed by atoms with Crippen LogP contribution in [0.25, 0.3) is 0 Å². The van der Waals surface area contributed by atoms with Crippen molar-refractivity contribution in [1.82, 2.24) is 14.5 Å². The van der Waals surface area contributed by atoms with E-state index in [9.17, 15) is 26.4 Å². The summed E-state index contributed by atoms with van der Waals surface area (Å²) >= 11 is 0. The Morgan fingerprint density at radius 1 is 1.06 bits per heavy atom. The van der Waals surface area contributed by atoms with Crippen LogP contribution in [0.5, 0.6) is 5.75 Å². The largest absolute Gasteiger partial charge is 0.484 e. The van der Waals surface area contributed by atoms with Crippen LogP contribution in [-0.4, -0.2) is 62.6 Å². The molecule has 0 bridgehead atoms. The zero-order valence-electron chi connectivity index (χ0n) is 18.4. The molecule has 1 fully saturated rings. The third-order valence-electron chi connectivity index (χ3n) is 5.23. The molecule has 11 heteroatoms. The summed E-state index contributed by atoms with van der Waals surface area (Å²) in [5.41, 5.74) is 2.10. The van der Waals surface area contributed by atoms with Gasteiger partial charge in [0.25, 0.3) is 0 Å². The van der Waals surface area contributed by atoms with Gasteiger partial charge in [-0.05, 0) is 48.7 Å². The number of piperazine rings is 1. The zero-order chi connectivity index (χ0) is 24.2. The molecule has 1 aliphatic rings. The fourth-order valence-corrected chi connectivity index (χ4v) is 5.19. The van der Waals surface area contributed by atoms with Gasteiger partial charge < -0.3 is 15.0 Å². The average Bonchev–Trinajstić information content (AvgIpc) is 2.77. The van der Waals surface area contributed by atoms with Gasteiger partial charge in [-0.25, -0.2) is 13.2 Å². The number of carbonyl (C=O) groups excluding carboxylic acids is 1. The standard InChI is InChI=1S/C22H26F3N3O4S/c1-16-6-7-17(2)20(12-16)33(30,31)28-10-8-27(9-11-28)21(29)26-14-18-4-3-5-19(13-18)32-15-22(23,24)25/h3-7,12-13H,8-11,14-15H2,1-2H3,(H,26,29). The van der Waals surface area contributed by atoms with E-state index in [1.54, 1.807) is 31.2 Å². The molecule has 0 spiro atoms. The number of nitrogens with one attached hydrogen (secondary N) is 1. The van der Waals surface area contributed by atoms with Gasteiger partial charge >= 0.3 is 12.2 Å². The van der Waals surface area contributed by atoms with Crippen LogP contribution in [0.2, 0.25) is 0 Å². The number of amides is 2. The molecule has 0 saturated carbocycles. The Balaban J connectivity index is 1.53. The minimum absolute atomic E-state index is 0.0596.